The zero-order valence-electron chi connectivity index (χ0n) is 16.1. The molecule has 8 nitrogen and oxygen atoms in total. The van der Waals surface area contributed by atoms with Crippen LogP contribution in [0.5, 0.6) is 17.2 Å². The van der Waals surface area contributed by atoms with Crippen molar-refractivity contribution < 1.29 is 23.8 Å². The molecule has 0 aliphatic carbocycles. The van der Waals surface area contributed by atoms with Gasteiger partial charge < -0.3 is 19.5 Å². The molecule has 2 aromatic carbocycles. The molecule has 0 radical (unpaired) electrons. The Bertz CT molecular complexity index is 1060. The summed E-state index contributed by atoms with van der Waals surface area (Å²) in [6.45, 7) is 2.38. The summed E-state index contributed by atoms with van der Waals surface area (Å²) in [6, 6.07) is 12.5. The van der Waals surface area contributed by atoms with Gasteiger partial charge in [0.15, 0.2) is 18.3 Å². The molecule has 154 valence electrons. The van der Waals surface area contributed by atoms with Crippen LogP contribution in [0.3, 0.4) is 0 Å². The second kappa shape index (κ2) is 8.83. The molecule has 0 spiro atoms. The second-order valence-electron chi connectivity index (χ2n) is 6.33. The summed E-state index contributed by atoms with van der Waals surface area (Å²) in [5, 5.41) is 7.79. The van der Waals surface area contributed by atoms with Gasteiger partial charge in [-0.2, -0.15) is 0 Å². The minimum absolute atomic E-state index is 0.0119. The van der Waals surface area contributed by atoms with Gasteiger partial charge in [0.2, 0.25) is 0 Å². The van der Waals surface area contributed by atoms with E-state index in [2.05, 4.69) is 15.6 Å². The quantitative estimate of drug-likeness (QED) is 0.601. The fourth-order valence-electron chi connectivity index (χ4n) is 2.81. The SMILES string of the molecule is CCOc1ccc(OCC(=O)Nc2nc(-c3ccc4c(c3)NC(=O)CO4)cs2)cc1. The minimum atomic E-state index is -0.309. The maximum atomic E-state index is 12.2. The molecule has 2 heterocycles. The Labute approximate surface area is 176 Å². The zero-order valence-corrected chi connectivity index (χ0v) is 17.0. The number of anilines is 2. The average molecular weight is 425 g/mol. The second-order valence-corrected chi connectivity index (χ2v) is 7.19. The molecule has 0 fully saturated rings. The number of hydrogen-bond acceptors (Lipinski definition) is 7. The molecule has 1 aliphatic heterocycles. The third-order valence-electron chi connectivity index (χ3n) is 4.16. The van der Waals surface area contributed by atoms with Crippen molar-refractivity contribution in [2.24, 2.45) is 0 Å². The third kappa shape index (κ3) is 4.69. The molecule has 0 unspecified atom stereocenters. The number of benzene rings is 2. The molecule has 1 aromatic heterocycles. The lowest BCUT2D eigenvalue weighted by atomic mass is 10.1. The summed E-state index contributed by atoms with van der Waals surface area (Å²) in [4.78, 5) is 28.1. The first kappa shape index (κ1) is 19.7. The van der Waals surface area contributed by atoms with Gasteiger partial charge in [0.1, 0.15) is 17.2 Å². The van der Waals surface area contributed by atoms with Crippen LogP contribution in [0.2, 0.25) is 0 Å². The van der Waals surface area contributed by atoms with E-state index in [-0.39, 0.29) is 25.0 Å². The summed E-state index contributed by atoms with van der Waals surface area (Å²) >= 11 is 1.31. The maximum absolute atomic E-state index is 12.2. The van der Waals surface area contributed by atoms with Gasteiger partial charge in [-0.25, -0.2) is 4.98 Å². The number of fused-ring (bicyclic) bond motifs is 1. The molecule has 1 aliphatic rings. The van der Waals surface area contributed by atoms with Gasteiger partial charge in [-0.1, -0.05) is 0 Å². The summed E-state index contributed by atoms with van der Waals surface area (Å²) in [5.74, 6) is 1.44. The van der Waals surface area contributed by atoms with Crippen molar-refractivity contribution in [1.29, 1.82) is 0 Å². The molecule has 2 N–H and O–H groups in total. The molecule has 0 saturated heterocycles. The number of aromatic nitrogens is 1. The van der Waals surface area contributed by atoms with Crippen molar-refractivity contribution >= 4 is 34.0 Å². The van der Waals surface area contributed by atoms with Crippen LogP contribution in [0, 0.1) is 0 Å². The molecule has 2 amide bonds. The van der Waals surface area contributed by atoms with Crippen LogP contribution in [0.15, 0.2) is 47.8 Å². The topological polar surface area (TPSA) is 98.8 Å². The van der Waals surface area contributed by atoms with Crippen molar-refractivity contribution in [3.05, 3.63) is 47.8 Å². The van der Waals surface area contributed by atoms with E-state index in [0.717, 1.165) is 11.3 Å². The van der Waals surface area contributed by atoms with E-state index in [9.17, 15) is 9.59 Å². The minimum Gasteiger partial charge on any atom is -0.494 e. The molecule has 0 saturated carbocycles. The number of ether oxygens (including phenoxy) is 3. The van der Waals surface area contributed by atoms with Crippen LogP contribution in [0.4, 0.5) is 10.8 Å². The first-order chi connectivity index (χ1) is 14.6. The van der Waals surface area contributed by atoms with Gasteiger partial charge in [0, 0.05) is 10.9 Å². The maximum Gasteiger partial charge on any atom is 0.264 e. The number of thiazole rings is 1. The van der Waals surface area contributed by atoms with Gasteiger partial charge in [-0.05, 0) is 49.4 Å². The smallest absolute Gasteiger partial charge is 0.264 e. The number of amides is 2. The lowest BCUT2D eigenvalue weighted by Gasteiger charge is -2.18. The lowest BCUT2D eigenvalue weighted by Crippen LogP contribution is -2.25. The number of rotatable bonds is 7. The zero-order chi connectivity index (χ0) is 20.9. The third-order valence-corrected chi connectivity index (χ3v) is 4.92. The number of hydrogen-bond donors (Lipinski definition) is 2. The molecule has 0 bridgehead atoms. The Hall–Kier alpha value is -3.59. The molecule has 3 aromatic rings. The molecule has 0 atom stereocenters. The van der Waals surface area contributed by atoms with Crippen molar-refractivity contribution in [3.8, 4) is 28.5 Å². The standard InChI is InChI=1S/C21H19N3O5S/c1-2-27-14-4-6-15(7-5-14)28-10-20(26)24-21-23-17(12-30-21)13-3-8-18-16(9-13)22-19(25)11-29-18/h3-9,12H,2,10-11H2,1H3,(H,22,25)(H,23,24,26). The van der Waals surface area contributed by atoms with E-state index in [4.69, 9.17) is 14.2 Å². The van der Waals surface area contributed by atoms with Gasteiger partial charge >= 0.3 is 0 Å². The van der Waals surface area contributed by atoms with Crippen LogP contribution in [0.1, 0.15) is 6.92 Å². The van der Waals surface area contributed by atoms with Crippen LogP contribution in [-0.2, 0) is 9.59 Å². The Kier molecular flexibility index (Phi) is 5.80. The van der Waals surface area contributed by atoms with Crippen molar-refractivity contribution in [1.82, 2.24) is 4.98 Å². The van der Waals surface area contributed by atoms with Gasteiger partial charge in [-0.3, -0.25) is 14.9 Å². The van der Waals surface area contributed by atoms with Gasteiger partial charge in [-0.15, -0.1) is 11.3 Å². The highest BCUT2D eigenvalue weighted by Gasteiger charge is 2.17. The largest absolute Gasteiger partial charge is 0.494 e. The predicted molar refractivity (Wildman–Crippen MR) is 113 cm³/mol. The number of carbonyl (C=O) groups excluding carboxylic acids is 2. The van der Waals surface area contributed by atoms with E-state index >= 15 is 0 Å². The lowest BCUT2D eigenvalue weighted by molar-refractivity contribution is -0.119. The fourth-order valence-corrected chi connectivity index (χ4v) is 3.55. The summed E-state index contributed by atoms with van der Waals surface area (Å²) in [7, 11) is 0. The average Bonchev–Trinajstić information content (AvgIpc) is 3.21. The molecular weight excluding hydrogens is 406 g/mol. The number of nitrogens with one attached hydrogen (secondary N) is 2. The number of nitrogens with zero attached hydrogens (tertiary/aromatic N) is 1. The van der Waals surface area contributed by atoms with Gasteiger partial charge in [0.25, 0.3) is 11.8 Å². The number of carbonyl (C=O) groups is 2. The summed E-state index contributed by atoms with van der Waals surface area (Å²) < 4.78 is 16.2. The first-order valence-corrected chi connectivity index (χ1v) is 10.2. The fraction of sp³-hybridized carbons (Fsp3) is 0.190. The van der Waals surface area contributed by atoms with Gasteiger partial charge in [0.05, 0.1) is 18.0 Å². The monoisotopic (exact) mass is 425 g/mol. The first-order valence-electron chi connectivity index (χ1n) is 9.29. The molecule has 30 heavy (non-hydrogen) atoms. The van der Waals surface area contributed by atoms with Crippen molar-refractivity contribution in [2.45, 2.75) is 6.92 Å². The van der Waals surface area contributed by atoms with E-state index in [1.807, 2.05) is 18.4 Å². The van der Waals surface area contributed by atoms with E-state index < -0.39 is 0 Å². The molecular formula is C21H19N3O5S. The molecule has 4 rings (SSSR count). The highest BCUT2D eigenvalue weighted by Crippen LogP contribution is 2.33. The van der Waals surface area contributed by atoms with Crippen LogP contribution >= 0.6 is 11.3 Å². The summed E-state index contributed by atoms with van der Waals surface area (Å²) in [5.41, 5.74) is 2.10. The summed E-state index contributed by atoms with van der Waals surface area (Å²) in [6.07, 6.45) is 0. The Morgan fingerprint density at radius 3 is 2.73 bits per heavy atom. The highest BCUT2D eigenvalue weighted by atomic mass is 32.1. The van der Waals surface area contributed by atoms with E-state index in [1.54, 1.807) is 36.4 Å². The molecule has 9 heteroatoms. The van der Waals surface area contributed by atoms with E-state index in [1.165, 1.54) is 11.3 Å². The Balaban J connectivity index is 1.34. The van der Waals surface area contributed by atoms with Crippen LogP contribution in [0.25, 0.3) is 11.3 Å². The Morgan fingerprint density at radius 1 is 1.20 bits per heavy atom. The predicted octanol–water partition coefficient (Wildman–Crippen LogP) is 3.56. The normalized spacial score (nSPS) is 12.4. The van der Waals surface area contributed by atoms with E-state index in [0.29, 0.717) is 34.6 Å². The van der Waals surface area contributed by atoms with Crippen molar-refractivity contribution in [3.63, 3.8) is 0 Å². The van der Waals surface area contributed by atoms with Crippen LogP contribution < -0.4 is 24.8 Å². The van der Waals surface area contributed by atoms with Crippen molar-refractivity contribution in [2.75, 3.05) is 30.5 Å². The van der Waals surface area contributed by atoms with Crippen LogP contribution in [-0.4, -0.2) is 36.6 Å². The highest BCUT2D eigenvalue weighted by molar-refractivity contribution is 7.14. The Morgan fingerprint density at radius 2 is 1.97 bits per heavy atom.